The summed E-state index contributed by atoms with van der Waals surface area (Å²) in [6.07, 6.45) is 1.49. The molecule has 12 nitrogen and oxygen atoms in total. The molecule has 0 bridgehead atoms. The fourth-order valence-electron chi connectivity index (χ4n) is 7.10. The van der Waals surface area contributed by atoms with Crippen LogP contribution >= 0.6 is 0 Å². The van der Waals surface area contributed by atoms with Gasteiger partial charge in [0.25, 0.3) is 0 Å². The number of aromatic hydroxyl groups is 1. The number of aliphatic hydroxyl groups is 1. The van der Waals surface area contributed by atoms with Crippen molar-refractivity contribution in [3.05, 3.63) is 28.8 Å². The molecule has 1 amide bonds. The van der Waals surface area contributed by atoms with Gasteiger partial charge in [-0.1, -0.05) is 0 Å². The number of carbonyl (C=O) groups is 6. The summed E-state index contributed by atoms with van der Waals surface area (Å²) in [6, 6.07) is 1.60. The zero-order valence-electron chi connectivity index (χ0n) is 22.3. The maximum absolute atomic E-state index is 13.9. The van der Waals surface area contributed by atoms with Crippen molar-refractivity contribution in [2.24, 2.45) is 29.4 Å². The van der Waals surface area contributed by atoms with Crippen LogP contribution in [0.2, 0.25) is 0 Å². The summed E-state index contributed by atoms with van der Waals surface area (Å²) in [4.78, 5) is 80.9. The monoisotopic (exact) mass is 555 g/mol. The summed E-state index contributed by atoms with van der Waals surface area (Å²) in [6.45, 7) is 1.20. The molecular formula is C28H33N3O9. The second-order valence-electron chi connectivity index (χ2n) is 11.5. The molecule has 214 valence electrons. The lowest BCUT2D eigenvalue weighted by Gasteiger charge is -2.52. The number of nitrogens with two attached hydrogens (primary N) is 1. The Labute approximate surface area is 230 Å². The highest BCUT2D eigenvalue weighted by molar-refractivity contribution is 6.32. The van der Waals surface area contributed by atoms with E-state index in [4.69, 9.17) is 10.5 Å². The van der Waals surface area contributed by atoms with Gasteiger partial charge in [-0.25, -0.2) is 0 Å². The third-order valence-corrected chi connectivity index (χ3v) is 9.02. The van der Waals surface area contributed by atoms with E-state index in [1.54, 1.807) is 0 Å². The van der Waals surface area contributed by atoms with Crippen LogP contribution in [0.1, 0.15) is 45.5 Å². The zero-order chi connectivity index (χ0) is 29.1. The highest BCUT2D eigenvalue weighted by Gasteiger charge is 2.69. The van der Waals surface area contributed by atoms with E-state index in [0.717, 1.165) is 12.8 Å². The van der Waals surface area contributed by atoms with Gasteiger partial charge in [-0.05, 0) is 63.4 Å². The number of Topliss-reactive ketones (excluding diaryl/α,β-unsaturated/α-hetero) is 5. The van der Waals surface area contributed by atoms with E-state index in [2.05, 4.69) is 5.32 Å². The number of rotatable bonds is 6. The summed E-state index contributed by atoms with van der Waals surface area (Å²) in [5.41, 5.74) is 2.89. The highest BCUT2D eigenvalue weighted by atomic mass is 16.5. The van der Waals surface area contributed by atoms with Crippen LogP contribution in [-0.4, -0.2) is 101 Å². The van der Waals surface area contributed by atoms with Crippen LogP contribution in [0.4, 0.5) is 0 Å². The van der Waals surface area contributed by atoms with E-state index >= 15 is 0 Å². The third-order valence-electron chi connectivity index (χ3n) is 9.02. The molecule has 1 aromatic rings. The smallest absolute Gasteiger partial charge is 0.235 e. The molecular weight excluding hydrogens is 522 g/mol. The van der Waals surface area contributed by atoms with Gasteiger partial charge in [0.2, 0.25) is 5.91 Å². The van der Waals surface area contributed by atoms with Crippen molar-refractivity contribution in [1.82, 2.24) is 10.2 Å². The SMILES string of the molecule is CN(C)[C@H]1C(=O)C(C(N)=O)C(=O)[C@@]2(O)C(=O)C3C(=O)c4c(O)ccc(C(=O)CNC5CCOCC5)c4C[C@H]3C[C@@H]12. The molecule has 3 fully saturated rings. The lowest BCUT2D eigenvalue weighted by atomic mass is 9.52. The van der Waals surface area contributed by atoms with E-state index in [9.17, 15) is 39.0 Å². The topological polar surface area (TPSA) is 193 Å². The van der Waals surface area contributed by atoms with E-state index < -0.39 is 70.1 Å². The number of nitrogens with zero attached hydrogens (tertiary/aromatic N) is 1. The molecule has 0 aromatic heterocycles. The number of benzene rings is 1. The number of hydrogen-bond donors (Lipinski definition) is 4. The molecule has 5 rings (SSSR count). The molecule has 40 heavy (non-hydrogen) atoms. The fourth-order valence-corrected chi connectivity index (χ4v) is 7.10. The first kappa shape index (κ1) is 28.2. The Morgan fingerprint density at radius 3 is 2.42 bits per heavy atom. The van der Waals surface area contributed by atoms with Crippen molar-refractivity contribution >= 4 is 34.8 Å². The number of amides is 1. The number of ether oxygens (including phenoxy) is 1. The van der Waals surface area contributed by atoms with Crippen molar-refractivity contribution in [1.29, 1.82) is 0 Å². The van der Waals surface area contributed by atoms with Gasteiger partial charge < -0.3 is 26.0 Å². The van der Waals surface area contributed by atoms with E-state index in [0.29, 0.717) is 18.8 Å². The molecule has 2 unspecified atom stereocenters. The minimum absolute atomic E-state index is 0.00564. The summed E-state index contributed by atoms with van der Waals surface area (Å²) in [5, 5.41) is 25.5. The lowest BCUT2D eigenvalue weighted by molar-refractivity contribution is -0.181. The zero-order valence-corrected chi connectivity index (χ0v) is 22.3. The minimum atomic E-state index is -2.78. The van der Waals surface area contributed by atoms with Gasteiger partial charge in [0.15, 0.2) is 40.4 Å². The van der Waals surface area contributed by atoms with Gasteiger partial charge in [0.05, 0.1) is 24.1 Å². The van der Waals surface area contributed by atoms with Gasteiger partial charge >= 0.3 is 0 Å². The molecule has 6 atom stereocenters. The number of nitrogens with one attached hydrogen (secondary N) is 1. The predicted molar refractivity (Wildman–Crippen MR) is 138 cm³/mol. The summed E-state index contributed by atoms with van der Waals surface area (Å²) in [7, 11) is 3.05. The molecule has 0 spiro atoms. The molecule has 1 saturated heterocycles. The number of hydrogen-bond acceptors (Lipinski definition) is 11. The van der Waals surface area contributed by atoms with E-state index in [1.165, 1.54) is 31.1 Å². The van der Waals surface area contributed by atoms with E-state index in [-0.39, 0.29) is 42.3 Å². The molecule has 0 radical (unpaired) electrons. The average molecular weight is 556 g/mol. The molecule has 3 aliphatic carbocycles. The van der Waals surface area contributed by atoms with Gasteiger partial charge in [0.1, 0.15) is 5.75 Å². The normalized spacial score (nSPS) is 32.5. The molecule has 5 N–H and O–H groups in total. The van der Waals surface area contributed by atoms with Crippen molar-refractivity contribution in [2.75, 3.05) is 33.9 Å². The molecule has 2 saturated carbocycles. The van der Waals surface area contributed by atoms with Gasteiger partial charge in [-0.15, -0.1) is 0 Å². The third kappa shape index (κ3) is 4.21. The lowest BCUT2D eigenvalue weighted by Crippen LogP contribution is -2.74. The Balaban J connectivity index is 1.52. The molecule has 1 aliphatic heterocycles. The van der Waals surface area contributed by atoms with Crippen molar-refractivity contribution < 1.29 is 43.7 Å². The standard InChI is InChI=1S/C28H33N3O9/c1-31(2)22-16-10-12-9-15-14(18(33)11-30-13-5-7-40-8-6-13)3-4-17(32)20(15)23(34)19(12)25(36)28(16,39)26(37)21(24(22)35)27(29)38/h3-4,12-13,16,19,21-22,30,32,39H,5-11H2,1-2H3,(H2,29,38)/t12-,16-,19?,21?,22+,28-/m0/s1. The largest absolute Gasteiger partial charge is 0.507 e. The maximum Gasteiger partial charge on any atom is 0.235 e. The number of likely N-dealkylation sites (N-methyl/N-ethyl adjacent to an activating group) is 1. The van der Waals surface area contributed by atoms with Crippen LogP contribution in [-0.2, 0) is 30.3 Å². The first-order chi connectivity index (χ1) is 18.9. The van der Waals surface area contributed by atoms with Gasteiger partial charge in [-0.3, -0.25) is 33.7 Å². The Bertz CT molecular complexity index is 1320. The number of carbonyl (C=O) groups excluding carboxylic acids is 6. The van der Waals surface area contributed by atoms with E-state index in [1.807, 2.05) is 0 Å². The van der Waals surface area contributed by atoms with Gasteiger partial charge in [-0.2, -0.15) is 0 Å². The second-order valence-corrected chi connectivity index (χ2v) is 11.5. The Morgan fingerprint density at radius 2 is 1.80 bits per heavy atom. The fraction of sp³-hybridized carbons (Fsp3) is 0.571. The highest BCUT2D eigenvalue weighted by Crippen LogP contribution is 2.51. The molecule has 1 aromatic carbocycles. The number of phenols is 1. The van der Waals surface area contributed by atoms with Crippen LogP contribution in [0.15, 0.2) is 12.1 Å². The maximum atomic E-state index is 13.9. The number of fused-ring (bicyclic) bond motifs is 3. The summed E-state index contributed by atoms with van der Waals surface area (Å²) in [5.74, 6) is -11.5. The van der Waals surface area contributed by atoms with Crippen molar-refractivity contribution in [3.8, 4) is 5.75 Å². The van der Waals surface area contributed by atoms with Crippen molar-refractivity contribution in [2.45, 2.75) is 43.4 Å². The first-order valence-corrected chi connectivity index (χ1v) is 13.4. The number of primary amides is 1. The average Bonchev–Trinajstić information content (AvgIpc) is 2.89. The second kappa shape index (κ2) is 10.3. The summed E-state index contributed by atoms with van der Waals surface area (Å²) < 4.78 is 5.34. The molecule has 4 aliphatic rings. The quantitative estimate of drug-likeness (QED) is 0.244. The first-order valence-electron chi connectivity index (χ1n) is 13.4. The minimum Gasteiger partial charge on any atom is -0.507 e. The predicted octanol–water partition coefficient (Wildman–Crippen LogP) is -1.18. The van der Waals surface area contributed by atoms with Crippen molar-refractivity contribution in [3.63, 3.8) is 0 Å². The Morgan fingerprint density at radius 1 is 1.12 bits per heavy atom. The molecule has 1 heterocycles. The Hall–Kier alpha value is -3.32. The van der Waals surface area contributed by atoms with Crippen LogP contribution in [0, 0.1) is 23.7 Å². The van der Waals surface area contributed by atoms with Crippen LogP contribution in [0.25, 0.3) is 0 Å². The van der Waals surface area contributed by atoms with Crippen LogP contribution in [0.5, 0.6) is 5.75 Å². The van der Waals surface area contributed by atoms with Gasteiger partial charge in [0, 0.05) is 30.7 Å². The van der Waals surface area contributed by atoms with Crippen LogP contribution in [0.3, 0.4) is 0 Å². The number of ketones is 5. The molecule has 12 heteroatoms. The Kier molecular flexibility index (Phi) is 7.24. The number of phenolic OH excluding ortho intramolecular Hbond substituents is 1. The van der Waals surface area contributed by atoms with Crippen LogP contribution < -0.4 is 11.1 Å². The summed E-state index contributed by atoms with van der Waals surface area (Å²) >= 11 is 0.